The zero-order chi connectivity index (χ0) is 18.2. The SMILES string of the molecule is CCOC(C)c1nc(CN2CCN(C(=O)[C@@H](N)CCSC)CC2)cs1. The molecule has 1 saturated heterocycles. The van der Waals surface area contributed by atoms with Crippen molar-refractivity contribution < 1.29 is 9.53 Å². The van der Waals surface area contributed by atoms with E-state index in [1.165, 1.54) is 0 Å². The highest BCUT2D eigenvalue weighted by Crippen LogP contribution is 2.22. The van der Waals surface area contributed by atoms with E-state index in [2.05, 4.69) is 15.3 Å². The highest BCUT2D eigenvalue weighted by atomic mass is 32.2. The highest BCUT2D eigenvalue weighted by molar-refractivity contribution is 7.98. The Balaban J connectivity index is 1.78. The molecule has 1 aromatic heterocycles. The predicted molar refractivity (Wildman–Crippen MR) is 105 cm³/mol. The molecular formula is C17H30N4O2S2. The minimum absolute atomic E-state index is 0.0565. The van der Waals surface area contributed by atoms with E-state index < -0.39 is 0 Å². The number of amides is 1. The van der Waals surface area contributed by atoms with E-state index >= 15 is 0 Å². The molecule has 8 heteroatoms. The Kier molecular flexibility index (Phi) is 8.65. The second-order valence-electron chi connectivity index (χ2n) is 6.26. The van der Waals surface area contributed by atoms with Crippen molar-refractivity contribution in [3.8, 4) is 0 Å². The first-order valence-corrected chi connectivity index (χ1v) is 11.1. The number of rotatable bonds is 9. The number of nitrogens with two attached hydrogens (primary N) is 1. The number of carbonyl (C=O) groups excluding carboxylic acids is 1. The number of nitrogens with zero attached hydrogens (tertiary/aromatic N) is 3. The van der Waals surface area contributed by atoms with E-state index in [0.717, 1.165) is 55.6 Å². The van der Waals surface area contributed by atoms with Crippen LogP contribution in [-0.2, 0) is 16.1 Å². The van der Waals surface area contributed by atoms with Gasteiger partial charge < -0.3 is 15.4 Å². The van der Waals surface area contributed by atoms with Gasteiger partial charge in [-0.2, -0.15) is 11.8 Å². The molecule has 2 N–H and O–H groups in total. The Morgan fingerprint density at radius 1 is 1.44 bits per heavy atom. The van der Waals surface area contributed by atoms with E-state index in [4.69, 9.17) is 10.5 Å². The Morgan fingerprint density at radius 3 is 2.80 bits per heavy atom. The number of thioether (sulfide) groups is 1. The quantitative estimate of drug-likeness (QED) is 0.700. The first kappa shape index (κ1) is 20.6. The van der Waals surface area contributed by atoms with E-state index in [-0.39, 0.29) is 18.1 Å². The predicted octanol–water partition coefficient (Wildman–Crippen LogP) is 1.97. The van der Waals surface area contributed by atoms with Crippen LogP contribution in [0.2, 0.25) is 0 Å². The van der Waals surface area contributed by atoms with Gasteiger partial charge in [0, 0.05) is 44.7 Å². The summed E-state index contributed by atoms with van der Waals surface area (Å²) in [5.74, 6) is 1.02. The standard InChI is InChI=1S/C17H30N4O2S2/c1-4-23-13(2)16-19-14(12-25-16)11-20-6-8-21(9-7-20)17(22)15(18)5-10-24-3/h12-13,15H,4-11,18H2,1-3H3/t13?,15-/m0/s1. The number of aromatic nitrogens is 1. The summed E-state index contributed by atoms with van der Waals surface area (Å²) in [4.78, 5) is 21.3. The fourth-order valence-electron chi connectivity index (χ4n) is 2.86. The lowest BCUT2D eigenvalue weighted by Crippen LogP contribution is -2.53. The summed E-state index contributed by atoms with van der Waals surface area (Å²) in [7, 11) is 0. The van der Waals surface area contributed by atoms with Crippen molar-refractivity contribution in [1.82, 2.24) is 14.8 Å². The third kappa shape index (κ3) is 6.21. The monoisotopic (exact) mass is 386 g/mol. The van der Waals surface area contributed by atoms with Gasteiger partial charge in [0.2, 0.25) is 5.91 Å². The molecule has 2 rings (SSSR count). The average molecular weight is 387 g/mol. The summed E-state index contributed by atoms with van der Waals surface area (Å²) in [6.07, 6.45) is 2.84. The molecule has 1 unspecified atom stereocenters. The van der Waals surface area contributed by atoms with Crippen LogP contribution in [-0.4, -0.2) is 71.5 Å². The van der Waals surface area contributed by atoms with Crippen molar-refractivity contribution in [2.45, 2.75) is 39.0 Å². The van der Waals surface area contributed by atoms with Gasteiger partial charge in [0.05, 0.1) is 11.7 Å². The van der Waals surface area contributed by atoms with Crippen molar-refractivity contribution >= 4 is 29.0 Å². The first-order valence-electron chi connectivity index (χ1n) is 8.86. The van der Waals surface area contributed by atoms with Crippen molar-refractivity contribution in [3.63, 3.8) is 0 Å². The van der Waals surface area contributed by atoms with Crippen LogP contribution >= 0.6 is 23.1 Å². The van der Waals surface area contributed by atoms with Crippen LogP contribution in [0.1, 0.15) is 37.1 Å². The molecule has 0 aliphatic carbocycles. The topological polar surface area (TPSA) is 71.7 Å². The summed E-state index contributed by atoms with van der Waals surface area (Å²) in [5, 5.41) is 3.14. The number of piperazine rings is 1. The summed E-state index contributed by atoms with van der Waals surface area (Å²) < 4.78 is 5.60. The van der Waals surface area contributed by atoms with Gasteiger partial charge in [-0.3, -0.25) is 9.69 Å². The van der Waals surface area contributed by atoms with Crippen LogP contribution in [0.15, 0.2) is 5.38 Å². The summed E-state index contributed by atoms with van der Waals surface area (Å²) in [5.41, 5.74) is 7.10. The van der Waals surface area contributed by atoms with Crippen molar-refractivity contribution in [3.05, 3.63) is 16.1 Å². The Labute approximate surface area is 159 Å². The number of hydrogen-bond donors (Lipinski definition) is 1. The molecular weight excluding hydrogens is 356 g/mol. The lowest BCUT2D eigenvalue weighted by molar-refractivity contribution is -0.134. The molecule has 0 aromatic carbocycles. The van der Waals surface area contributed by atoms with E-state index in [0.29, 0.717) is 6.61 Å². The third-order valence-electron chi connectivity index (χ3n) is 4.35. The molecule has 1 aliphatic heterocycles. The molecule has 0 bridgehead atoms. The number of hydrogen-bond acceptors (Lipinski definition) is 7. The molecule has 0 spiro atoms. The van der Waals surface area contributed by atoms with Crippen molar-refractivity contribution in [2.24, 2.45) is 5.73 Å². The first-order chi connectivity index (χ1) is 12.0. The molecule has 1 amide bonds. The fraction of sp³-hybridized carbons (Fsp3) is 0.765. The average Bonchev–Trinajstić information content (AvgIpc) is 3.08. The minimum Gasteiger partial charge on any atom is -0.372 e. The summed E-state index contributed by atoms with van der Waals surface area (Å²) in [6, 6.07) is -0.361. The van der Waals surface area contributed by atoms with Crippen LogP contribution in [0.4, 0.5) is 0 Å². The minimum atomic E-state index is -0.361. The largest absolute Gasteiger partial charge is 0.372 e. The van der Waals surface area contributed by atoms with Crippen LogP contribution in [0.5, 0.6) is 0 Å². The van der Waals surface area contributed by atoms with Gasteiger partial charge in [0.25, 0.3) is 0 Å². The maximum Gasteiger partial charge on any atom is 0.239 e. The molecule has 2 atom stereocenters. The summed E-state index contributed by atoms with van der Waals surface area (Å²) in [6.45, 7) is 8.80. The van der Waals surface area contributed by atoms with E-state index in [1.54, 1.807) is 23.1 Å². The van der Waals surface area contributed by atoms with Crippen molar-refractivity contribution in [1.29, 1.82) is 0 Å². The smallest absolute Gasteiger partial charge is 0.239 e. The Hall–Kier alpha value is -0.670. The fourth-order valence-corrected chi connectivity index (χ4v) is 4.16. The molecule has 6 nitrogen and oxygen atoms in total. The van der Waals surface area contributed by atoms with E-state index in [9.17, 15) is 4.79 Å². The van der Waals surface area contributed by atoms with Gasteiger partial charge in [-0.05, 0) is 32.3 Å². The van der Waals surface area contributed by atoms with Gasteiger partial charge in [0.1, 0.15) is 11.1 Å². The van der Waals surface area contributed by atoms with Crippen LogP contribution < -0.4 is 5.73 Å². The number of ether oxygens (including phenoxy) is 1. The normalized spacial score (nSPS) is 18.3. The Morgan fingerprint density at radius 2 is 2.16 bits per heavy atom. The highest BCUT2D eigenvalue weighted by Gasteiger charge is 2.25. The van der Waals surface area contributed by atoms with Crippen LogP contribution in [0.25, 0.3) is 0 Å². The van der Waals surface area contributed by atoms with Gasteiger partial charge in [-0.25, -0.2) is 4.98 Å². The molecule has 0 saturated carbocycles. The number of carbonyl (C=O) groups is 1. The Bertz CT molecular complexity index is 532. The van der Waals surface area contributed by atoms with Gasteiger partial charge >= 0.3 is 0 Å². The lowest BCUT2D eigenvalue weighted by Gasteiger charge is -2.35. The molecule has 0 radical (unpaired) electrons. The zero-order valence-electron chi connectivity index (χ0n) is 15.4. The second kappa shape index (κ2) is 10.5. The lowest BCUT2D eigenvalue weighted by atomic mass is 10.2. The van der Waals surface area contributed by atoms with E-state index in [1.807, 2.05) is 25.0 Å². The number of thiazole rings is 1. The maximum atomic E-state index is 12.4. The molecule has 1 aliphatic rings. The maximum absolute atomic E-state index is 12.4. The van der Waals surface area contributed by atoms with Crippen LogP contribution in [0.3, 0.4) is 0 Å². The third-order valence-corrected chi connectivity index (χ3v) is 6.05. The molecule has 1 fully saturated rings. The molecule has 25 heavy (non-hydrogen) atoms. The molecule has 1 aromatic rings. The molecule has 142 valence electrons. The van der Waals surface area contributed by atoms with Gasteiger partial charge in [-0.15, -0.1) is 11.3 Å². The second-order valence-corrected chi connectivity index (χ2v) is 8.14. The summed E-state index contributed by atoms with van der Waals surface area (Å²) >= 11 is 3.39. The zero-order valence-corrected chi connectivity index (χ0v) is 17.1. The molecule has 2 heterocycles. The van der Waals surface area contributed by atoms with Gasteiger partial charge in [0.15, 0.2) is 0 Å². The van der Waals surface area contributed by atoms with Crippen molar-refractivity contribution in [2.75, 3.05) is 44.8 Å². The van der Waals surface area contributed by atoms with Crippen LogP contribution in [0, 0.1) is 0 Å². The van der Waals surface area contributed by atoms with Gasteiger partial charge in [-0.1, -0.05) is 0 Å².